The lowest BCUT2D eigenvalue weighted by molar-refractivity contribution is 0.107. The van der Waals surface area contributed by atoms with E-state index in [-0.39, 0.29) is 5.69 Å². The lowest BCUT2D eigenvalue weighted by atomic mass is 10.2. The van der Waals surface area contributed by atoms with Crippen molar-refractivity contribution in [2.24, 2.45) is 0 Å². The van der Waals surface area contributed by atoms with Gasteiger partial charge in [0.1, 0.15) is 6.61 Å². The Kier molecular flexibility index (Phi) is 4.41. The van der Waals surface area contributed by atoms with Gasteiger partial charge >= 0.3 is 0 Å². The average molecular weight is 377 g/mol. The Bertz CT molecular complexity index is 837. The largest absolute Gasteiger partial charge is 0.486 e. The molecule has 3 aromatic rings. The molecule has 1 heterocycles. The van der Waals surface area contributed by atoms with E-state index >= 15 is 0 Å². The van der Waals surface area contributed by atoms with Crippen molar-refractivity contribution < 1.29 is 9.53 Å². The van der Waals surface area contributed by atoms with Crippen LogP contribution in [0.4, 0.5) is 0 Å². The first kappa shape index (κ1) is 15.0. The predicted octanol–water partition coefficient (Wildman–Crippen LogP) is 4.96. The Hall–Kier alpha value is -1.91. The summed E-state index contributed by atoms with van der Waals surface area (Å²) >= 11 is 9.05. The van der Waals surface area contributed by atoms with E-state index in [1.54, 1.807) is 6.07 Å². The second-order valence-corrected chi connectivity index (χ2v) is 5.98. The summed E-state index contributed by atoms with van der Waals surface area (Å²) in [4.78, 5) is 15.9. The molecule has 0 aliphatic carbocycles. The van der Waals surface area contributed by atoms with Gasteiger partial charge in [0.25, 0.3) is 5.24 Å². The number of fused-ring (bicyclic) bond motifs is 1. The van der Waals surface area contributed by atoms with Crippen molar-refractivity contribution >= 4 is 43.7 Å². The van der Waals surface area contributed by atoms with Gasteiger partial charge in [0.05, 0.1) is 5.52 Å². The highest BCUT2D eigenvalue weighted by Gasteiger charge is 2.14. The normalized spacial score (nSPS) is 10.6. The van der Waals surface area contributed by atoms with Crippen LogP contribution in [0.15, 0.2) is 59.1 Å². The zero-order chi connectivity index (χ0) is 15.5. The second kappa shape index (κ2) is 6.46. The van der Waals surface area contributed by atoms with Crippen molar-refractivity contribution in [1.29, 1.82) is 0 Å². The smallest absolute Gasteiger partial charge is 0.274 e. The maximum absolute atomic E-state index is 11.6. The summed E-state index contributed by atoms with van der Waals surface area (Å²) < 4.78 is 6.68. The SMILES string of the molecule is O=C(Cl)c1nc2ccc(Br)cc2cc1OCc1ccccc1. The van der Waals surface area contributed by atoms with Crippen LogP contribution in [0.3, 0.4) is 0 Å². The molecule has 110 valence electrons. The quantitative estimate of drug-likeness (QED) is 0.604. The van der Waals surface area contributed by atoms with Gasteiger partial charge in [0, 0.05) is 9.86 Å². The molecule has 0 bridgehead atoms. The van der Waals surface area contributed by atoms with Crippen LogP contribution in [-0.2, 0) is 6.61 Å². The number of nitrogens with zero attached hydrogens (tertiary/aromatic N) is 1. The fraction of sp³-hybridized carbons (Fsp3) is 0.0588. The van der Waals surface area contributed by atoms with Crippen molar-refractivity contribution in [3.63, 3.8) is 0 Å². The van der Waals surface area contributed by atoms with E-state index < -0.39 is 5.24 Å². The minimum Gasteiger partial charge on any atom is -0.486 e. The molecule has 0 spiro atoms. The van der Waals surface area contributed by atoms with Gasteiger partial charge in [-0.2, -0.15) is 0 Å². The third-order valence-electron chi connectivity index (χ3n) is 3.17. The van der Waals surface area contributed by atoms with E-state index in [0.29, 0.717) is 17.9 Å². The fourth-order valence-corrected chi connectivity index (χ4v) is 2.63. The molecule has 3 nitrogen and oxygen atoms in total. The Balaban J connectivity index is 1.98. The average Bonchev–Trinajstić information content (AvgIpc) is 2.52. The van der Waals surface area contributed by atoms with Gasteiger partial charge in [-0.1, -0.05) is 46.3 Å². The van der Waals surface area contributed by atoms with Crippen LogP contribution >= 0.6 is 27.5 Å². The Morgan fingerprint density at radius 2 is 1.91 bits per heavy atom. The first-order valence-corrected chi connectivity index (χ1v) is 7.77. The first-order chi connectivity index (χ1) is 10.6. The van der Waals surface area contributed by atoms with E-state index in [0.717, 1.165) is 15.4 Å². The summed E-state index contributed by atoms with van der Waals surface area (Å²) in [6, 6.07) is 17.1. The summed E-state index contributed by atoms with van der Waals surface area (Å²) in [5.41, 5.74) is 1.83. The summed E-state index contributed by atoms with van der Waals surface area (Å²) in [6.45, 7) is 0.346. The molecule has 0 atom stereocenters. The standard InChI is InChI=1S/C17H11BrClNO2/c18-13-6-7-14-12(8-13)9-15(16(20-14)17(19)21)22-10-11-4-2-1-3-5-11/h1-9H,10H2. The molecule has 2 aromatic carbocycles. The highest BCUT2D eigenvalue weighted by atomic mass is 79.9. The molecule has 0 fully saturated rings. The zero-order valence-electron chi connectivity index (χ0n) is 11.4. The van der Waals surface area contributed by atoms with E-state index in [1.807, 2.05) is 48.5 Å². The highest BCUT2D eigenvalue weighted by Crippen LogP contribution is 2.27. The molecule has 0 aliphatic rings. The molecule has 0 radical (unpaired) electrons. The number of pyridine rings is 1. The molecule has 0 amide bonds. The number of aromatic nitrogens is 1. The predicted molar refractivity (Wildman–Crippen MR) is 90.4 cm³/mol. The number of ether oxygens (including phenoxy) is 1. The summed E-state index contributed by atoms with van der Waals surface area (Å²) in [7, 11) is 0. The van der Waals surface area contributed by atoms with Crippen LogP contribution in [0, 0.1) is 0 Å². The van der Waals surface area contributed by atoms with Gasteiger partial charge in [0.15, 0.2) is 11.4 Å². The maximum atomic E-state index is 11.6. The molecule has 0 unspecified atom stereocenters. The van der Waals surface area contributed by atoms with E-state index in [4.69, 9.17) is 16.3 Å². The van der Waals surface area contributed by atoms with E-state index in [2.05, 4.69) is 20.9 Å². The van der Waals surface area contributed by atoms with Crippen molar-refractivity contribution in [2.75, 3.05) is 0 Å². The van der Waals surface area contributed by atoms with Gasteiger partial charge in [-0.15, -0.1) is 0 Å². The van der Waals surface area contributed by atoms with Gasteiger partial charge in [-0.3, -0.25) is 4.79 Å². The van der Waals surface area contributed by atoms with Crippen LogP contribution in [0.25, 0.3) is 10.9 Å². The molecule has 1 aromatic heterocycles. The molecular weight excluding hydrogens is 366 g/mol. The Morgan fingerprint density at radius 3 is 2.64 bits per heavy atom. The molecule has 0 aliphatic heterocycles. The summed E-state index contributed by atoms with van der Waals surface area (Å²) in [5, 5.41) is 0.243. The summed E-state index contributed by atoms with van der Waals surface area (Å²) in [5.74, 6) is 0.384. The van der Waals surface area contributed by atoms with Crippen molar-refractivity contribution in [3.8, 4) is 5.75 Å². The number of carbonyl (C=O) groups is 1. The van der Waals surface area contributed by atoms with Crippen LogP contribution in [0.5, 0.6) is 5.75 Å². The molecule has 22 heavy (non-hydrogen) atoms. The Labute approximate surface area is 141 Å². The van der Waals surface area contributed by atoms with Crippen LogP contribution in [0.2, 0.25) is 0 Å². The molecule has 0 N–H and O–H groups in total. The minimum absolute atomic E-state index is 0.132. The Morgan fingerprint density at radius 1 is 1.14 bits per heavy atom. The second-order valence-electron chi connectivity index (χ2n) is 4.72. The van der Waals surface area contributed by atoms with Crippen molar-refractivity contribution in [3.05, 3.63) is 70.3 Å². The van der Waals surface area contributed by atoms with Gasteiger partial charge in [-0.05, 0) is 41.4 Å². The molecule has 0 saturated carbocycles. The number of hydrogen-bond acceptors (Lipinski definition) is 3. The lowest BCUT2D eigenvalue weighted by Crippen LogP contribution is -2.03. The topological polar surface area (TPSA) is 39.2 Å². The third kappa shape index (κ3) is 3.29. The lowest BCUT2D eigenvalue weighted by Gasteiger charge is -2.10. The maximum Gasteiger partial charge on any atom is 0.274 e. The minimum atomic E-state index is -0.632. The summed E-state index contributed by atoms with van der Waals surface area (Å²) in [6.07, 6.45) is 0. The number of carbonyl (C=O) groups excluding carboxylic acids is 1. The molecular formula is C17H11BrClNO2. The fourth-order valence-electron chi connectivity index (χ4n) is 2.11. The van der Waals surface area contributed by atoms with Crippen LogP contribution < -0.4 is 4.74 Å². The number of hydrogen-bond donors (Lipinski definition) is 0. The van der Waals surface area contributed by atoms with Gasteiger partial charge in [-0.25, -0.2) is 4.98 Å². The van der Waals surface area contributed by atoms with E-state index in [1.165, 1.54) is 0 Å². The third-order valence-corrected chi connectivity index (χ3v) is 3.84. The van der Waals surface area contributed by atoms with Crippen LogP contribution in [0.1, 0.15) is 16.1 Å². The monoisotopic (exact) mass is 375 g/mol. The van der Waals surface area contributed by atoms with Gasteiger partial charge in [0.2, 0.25) is 0 Å². The molecule has 0 saturated heterocycles. The number of benzene rings is 2. The van der Waals surface area contributed by atoms with Crippen molar-refractivity contribution in [2.45, 2.75) is 6.61 Å². The van der Waals surface area contributed by atoms with Crippen LogP contribution in [-0.4, -0.2) is 10.2 Å². The number of rotatable bonds is 4. The zero-order valence-corrected chi connectivity index (χ0v) is 13.8. The first-order valence-electron chi connectivity index (χ1n) is 6.60. The highest BCUT2D eigenvalue weighted by molar-refractivity contribution is 9.10. The van der Waals surface area contributed by atoms with Crippen molar-refractivity contribution in [1.82, 2.24) is 4.98 Å². The number of halogens is 2. The van der Waals surface area contributed by atoms with E-state index in [9.17, 15) is 4.79 Å². The molecule has 5 heteroatoms. The molecule has 3 rings (SSSR count). The van der Waals surface area contributed by atoms with Gasteiger partial charge < -0.3 is 4.74 Å².